The van der Waals surface area contributed by atoms with Crippen molar-refractivity contribution >= 4 is 38.4 Å². The Hall–Kier alpha value is -1.62. The summed E-state index contributed by atoms with van der Waals surface area (Å²) >= 11 is 1.47. The van der Waals surface area contributed by atoms with Crippen molar-refractivity contribution in [1.29, 1.82) is 0 Å². The van der Waals surface area contributed by atoms with Crippen molar-refractivity contribution in [3.63, 3.8) is 0 Å². The molecule has 10 heteroatoms. The van der Waals surface area contributed by atoms with Crippen molar-refractivity contribution < 1.29 is 22.7 Å². The Morgan fingerprint density at radius 2 is 1.90 bits per heavy atom. The van der Waals surface area contributed by atoms with Gasteiger partial charge in [0.15, 0.2) is 21.3 Å². The van der Waals surface area contributed by atoms with E-state index in [2.05, 4.69) is 15.6 Å². The van der Waals surface area contributed by atoms with E-state index in [1.54, 1.807) is 12.1 Å². The van der Waals surface area contributed by atoms with Gasteiger partial charge in [0.25, 0.3) is 5.91 Å². The molecule has 29 heavy (non-hydrogen) atoms. The monoisotopic (exact) mass is 441 g/mol. The maximum absolute atomic E-state index is 12.3. The zero-order chi connectivity index (χ0) is 20.9. The van der Waals surface area contributed by atoms with Crippen LogP contribution in [0.5, 0.6) is 0 Å². The fraction of sp³-hybridized carbons (Fsp3) is 0.579. The van der Waals surface area contributed by atoms with Crippen molar-refractivity contribution in [1.82, 2.24) is 5.32 Å². The predicted octanol–water partition coefficient (Wildman–Crippen LogP) is 1.89. The third-order valence-corrected chi connectivity index (χ3v) is 7.73. The van der Waals surface area contributed by atoms with Crippen LogP contribution in [0, 0.1) is 0 Å². The second-order valence-corrected chi connectivity index (χ2v) is 10.2. The fourth-order valence-electron chi connectivity index (χ4n) is 3.24. The number of sulfone groups is 1. The second kappa shape index (κ2) is 9.92. The molecule has 8 nitrogen and oxygen atoms in total. The molecule has 1 aromatic rings. The molecule has 0 spiro atoms. The van der Waals surface area contributed by atoms with E-state index < -0.39 is 9.84 Å². The number of hydrogen-bond donors (Lipinski definition) is 2. The number of carbonyl (C=O) groups is 1. The molecule has 3 rings (SSSR count). The van der Waals surface area contributed by atoms with E-state index in [4.69, 9.17) is 9.47 Å². The molecule has 0 aromatic heterocycles. The molecule has 2 atom stereocenters. The number of aliphatic imine (C=N–C) groups is 1. The maximum atomic E-state index is 12.3. The minimum atomic E-state index is -2.95. The van der Waals surface area contributed by atoms with Gasteiger partial charge in [-0.15, -0.1) is 0 Å². The van der Waals surface area contributed by atoms with Gasteiger partial charge in [-0.2, -0.15) is 0 Å². The Kier molecular flexibility index (Phi) is 7.55. The van der Waals surface area contributed by atoms with Gasteiger partial charge in [0, 0.05) is 42.7 Å². The minimum absolute atomic E-state index is 0.00440. The van der Waals surface area contributed by atoms with Gasteiger partial charge in [0.05, 0.1) is 17.5 Å². The lowest BCUT2D eigenvalue weighted by atomic mass is 10.2. The second-order valence-electron chi connectivity index (χ2n) is 6.82. The SMILES string of the molecule is CCOC(CCNC(=O)c1ccc(NC2=N[C@@H]3CS(=O)(=O)C[C@@H]3S2)cc1)OCC. The van der Waals surface area contributed by atoms with Gasteiger partial charge < -0.3 is 20.1 Å². The van der Waals surface area contributed by atoms with Gasteiger partial charge in [-0.3, -0.25) is 9.79 Å². The topological polar surface area (TPSA) is 106 Å². The molecule has 0 bridgehead atoms. The molecule has 1 fully saturated rings. The highest BCUT2D eigenvalue weighted by atomic mass is 32.2. The summed E-state index contributed by atoms with van der Waals surface area (Å²) in [6.45, 7) is 5.40. The van der Waals surface area contributed by atoms with Crippen LogP contribution in [0.15, 0.2) is 29.3 Å². The van der Waals surface area contributed by atoms with Crippen LogP contribution in [0.2, 0.25) is 0 Å². The number of anilines is 1. The van der Waals surface area contributed by atoms with E-state index in [-0.39, 0.29) is 35.0 Å². The number of amides is 1. The summed E-state index contributed by atoms with van der Waals surface area (Å²) < 4.78 is 34.2. The molecule has 2 aliphatic heterocycles. The standard InChI is InChI=1S/C19H27N3O5S2/c1-3-26-17(27-4-2)9-10-20-18(23)13-5-7-14(8-6-13)21-19-22-15-11-29(24,25)12-16(15)28-19/h5-8,15-17H,3-4,9-12H2,1-2H3,(H,20,23)(H,21,22)/t15-,16+/m1/s1. The Morgan fingerprint density at radius 3 is 2.52 bits per heavy atom. The molecule has 1 amide bonds. The van der Waals surface area contributed by atoms with Crippen LogP contribution in [-0.2, 0) is 19.3 Å². The van der Waals surface area contributed by atoms with Crippen molar-refractivity contribution in [2.45, 2.75) is 37.9 Å². The molecule has 1 aromatic carbocycles. The van der Waals surface area contributed by atoms with Crippen LogP contribution in [-0.4, -0.2) is 68.3 Å². The van der Waals surface area contributed by atoms with Gasteiger partial charge in [-0.25, -0.2) is 8.42 Å². The van der Waals surface area contributed by atoms with Crippen LogP contribution in [0.1, 0.15) is 30.6 Å². The number of nitrogens with one attached hydrogen (secondary N) is 2. The lowest BCUT2D eigenvalue weighted by Crippen LogP contribution is -2.29. The van der Waals surface area contributed by atoms with E-state index in [0.717, 1.165) is 10.9 Å². The Bertz CT molecular complexity index is 836. The predicted molar refractivity (Wildman–Crippen MR) is 115 cm³/mol. The van der Waals surface area contributed by atoms with Crippen LogP contribution in [0.4, 0.5) is 5.69 Å². The van der Waals surface area contributed by atoms with Gasteiger partial charge in [-0.1, -0.05) is 11.8 Å². The molecule has 160 valence electrons. The summed E-state index contributed by atoms with van der Waals surface area (Å²) in [5.74, 6) is 0.155. The molecular formula is C19H27N3O5S2. The molecule has 0 radical (unpaired) electrons. The van der Waals surface area contributed by atoms with Gasteiger partial charge >= 0.3 is 0 Å². The first-order valence-electron chi connectivity index (χ1n) is 9.73. The minimum Gasteiger partial charge on any atom is -0.353 e. The first-order valence-corrected chi connectivity index (χ1v) is 12.4. The zero-order valence-electron chi connectivity index (χ0n) is 16.6. The van der Waals surface area contributed by atoms with Crippen LogP contribution < -0.4 is 10.6 Å². The average Bonchev–Trinajstić information content (AvgIpc) is 3.15. The highest BCUT2D eigenvalue weighted by molar-refractivity contribution is 8.15. The number of carbonyl (C=O) groups excluding carboxylic acids is 1. The number of rotatable bonds is 9. The van der Waals surface area contributed by atoms with Gasteiger partial charge in [0.1, 0.15) is 0 Å². The summed E-state index contributed by atoms with van der Waals surface area (Å²) in [4.78, 5) is 16.8. The number of fused-ring (bicyclic) bond motifs is 1. The van der Waals surface area contributed by atoms with Crippen LogP contribution in [0.25, 0.3) is 0 Å². The molecular weight excluding hydrogens is 414 g/mol. The summed E-state index contributed by atoms with van der Waals surface area (Å²) in [5, 5.41) is 6.80. The van der Waals surface area contributed by atoms with E-state index in [0.29, 0.717) is 31.7 Å². The summed E-state index contributed by atoms with van der Waals surface area (Å²) in [6, 6.07) is 6.95. The van der Waals surface area contributed by atoms with Crippen molar-refractivity contribution in [3.05, 3.63) is 29.8 Å². The molecule has 0 unspecified atom stereocenters. The highest BCUT2D eigenvalue weighted by Crippen LogP contribution is 2.34. The average molecular weight is 442 g/mol. The highest BCUT2D eigenvalue weighted by Gasteiger charge is 2.42. The Labute approximate surface area is 175 Å². The van der Waals surface area contributed by atoms with E-state index in [9.17, 15) is 13.2 Å². The Morgan fingerprint density at radius 1 is 1.21 bits per heavy atom. The summed E-state index contributed by atoms with van der Waals surface area (Å²) in [7, 11) is -2.95. The van der Waals surface area contributed by atoms with Crippen molar-refractivity contribution in [2.75, 3.05) is 36.6 Å². The number of hydrogen-bond acceptors (Lipinski definition) is 8. The molecule has 2 heterocycles. The summed E-state index contributed by atoms with van der Waals surface area (Å²) in [6.07, 6.45) is 0.276. The van der Waals surface area contributed by atoms with E-state index in [1.807, 2.05) is 26.0 Å². The summed E-state index contributed by atoms with van der Waals surface area (Å²) in [5.41, 5.74) is 1.37. The number of benzene rings is 1. The van der Waals surface area contributed by atoms with Gasteiger partial charge in [0.2, 0.25) is 0 Å². The molecule has 0 saturated carbocycles. The molecule has 1 saturated heterocycles. The van der Waals surface area contributed by atoms with Crippen molar-refractivity contribution in [2.24, 2.45) is 4.99 Å². The normalized spacial score (nSPS) is 22.4. The Balaban J connectivity index is 1.47. The lowest BCUT2D eigenvalue weighted by Gasteiger charge is -2.17. The smallest absolute Gasteiger partial charge is 0.251 e. The molecule has 0 aliphatic carbocycles. The van der Waals surface area contributed by atoms with Crippen LogP contribution >= 0.6 is 11.8 Å². The van der Waals surface area contributed by atoms with E-state index in [1.165, 1.54) is 11.8 Å². The molecule has 2 aliphatic rings. The zero-order valence-corrected chi connectivity index (χ0v) is 18.2. The lowest BCUT2D eigenvalue weighted by molar-refractivity contribution is -0.138. The number of ether oxygens (including phenoxy) is 2. The largest absolute Gasteiger partial charge is 0.353 e. The quantitative estimate of drug-likeness (QED) is 0.564. The molecule has 2 N–H and O–H groups in total. The first kappa shape index (κ1) is 22.1. The fourth-order valence-corrected chi connectivity index (χ4v) is 6.91. The first-order chi connectivity index (χ1) is 13.9. The third-order valence-electron chi connectivity index (χ3n) is 4.59. The third kappa shape index (κ3) is 6.18. The number of nitrogens with zero attached hydrogens (tertiary/aromatic N) is 1. The number of amidine groups is 1. The number of thioether (sulfide) groups is 1. The van der Waals surface area contributed by atoms with Crippen LogP contribution in [0.3, 0.4) is 0 Å². The maximum Gasteiger partial charge on any atom is 0.251 e. The van der Waals surface area contributed by atoms with Gasteiger partial charge in [-0.05, 0) is 38.1 Å². The van der Waals surface area contributed by atoms with Crippen molar-refractivity contribution in [3.8, 4) is 0 Å². The van der Waals surface area contributed by atoms with E-state index >= 15 is 0 Å².